The van der Waals surface area contributed by atoms with Crippen LogP contribution in [0.1, 0.15) is 60.4 Å². The van der Waals surface area contributed by atoms with Gasteiger partial charge >= 0.3 is 0 Å². The summed E-state index contributed by atoms with van der Waals surface area (Å²) in [6.07, 6.45) is 6.48. The largest absolute Gasteiger partial charge is 0.351 e. The van der Waals surface area contributed by atoms with Crippen LogP contribution in [0.4, 0.5) is 0 Å². The van der Waals surface area contributed by atoms with Gasteiger partial charge in [-0.15, -0.1) is 0 Å². The van der Waals surface area contributed by atoms with Gasteiger partial charge in [0.05, 0.1) is 11.4 Å². The van der Waals surface area contributed by atoms with Gasteiger partial charge in [-0.3, -0.25) is 9.78 Å². The van der Waals surface area contributed by atoms with Gasteiger partial charge in [0.25, 0.3) is 5.91 Å². The number of amides is 1. The second-order valence-corrected chi connectivity index (χ2v) is 4.59. The molecular weight excluding hydrogens is 214 g/mol. The molecule has 1 aliphatic carbocycles. The summed E-state index contributed by atoms with van der Waals surface area (Å²) in [6, 6.07) is 0. The quantitative estimate of drug-likeness (QED) is 0.870. The van der Waals surface area contributed by atoms with Gasteiger partial charge in [0.1, 0.15) is 5.69 Å². The third kappa shape index (κ3) is 2.62. The number of carbonyl (C=O) groups is 1. The molecule has 1 N–H and O–H groups in total. The normalized spacial score (nSPS) is 16.1. The molecule has 1 amide bonds. The number of hydrogen-bond acceptors (Lipinski definition) is 3. The van der Waals surface area contributed by atoms with Crippen LogP contribution in [0.2, 0.25) is 0 Å². The Morgan fingerprint density at radius 1 is 1.47 bits per heavy atom. The predicted molar refractivity (Wildman–Crippen MR) is 66.0 cm³/mol. The molecule has 17 heavy (non-hydrogen) atoms. The molecule has 0 radical (unpaired) electrons. The Hall–Kier alpha value is -1.45. The lowest BCUT2D eigenvalue weighted by Gasteiger charge is -2.13. The Morgan fingerprint density at radius 3 is 2.82 bits per heavy atom. The van der Waals surface area contributed by atoms with Crippen molar-refractivity contribution in [1.82, 2.24) is 15.3 Å². The Labute approximate surface area is 102 Å². The Balaban J connectivity index is 2.33. The van der Waals surface area contributed by atoms with Crippen molar-refractivity contribution in [3.63, 3.8) is 0 Å². The average molecular weight is 233 g/mol. The van der Waals surface area contributed by atoms with E-state index in [-0.39, 0.29) is 5.91 Å². The minimum Gasteiger partial charge on any atom is -0.351 e. The number of hydrogen-bond donors (Lipinski definition) is 1. The van der Waals surface area contributed by atoms with E-state index in [2.05, 4.69) is 15.3 Å². The molecule has 0 unspecified atom stereocenters. The number of aromatic nitrogens is 2. The summed E-state index contributed by atoms with van der Waals surface area (Å²) in [7, 11) is 0. The first kappa shape index (κ1) is 12.0. The van der Waals surface area contributed by atoms with Gasteiger partial charge in [0, 0.05) is 18.7 Å². The monoisotopic (exact) mass is 233 g/mol. The van der Waals surface area contributed by atoms with E-state index >= 15 is 0 Å². The van der Waals surface area contributed by atoms with Gasteiger partial charge in [-0.1, -0.05) is 12.8 Å². The molecule has 1 aliphatic rings. The third-order valence-corrected chi connectivity index (χ3v) is 3.22. The van der Waals surface area contributed by atoms with Crippen molar-refractivity contribution >= 4 is 5.91 Å². The Kier molecular flexibility index (Phi) is 3.71. The van der Waals surface area contributed by atoms with Crippen LogP contribution in [-0.2, 0) is 0 Å². The molecule has 0 aliphatic heterocycles. The standard InChI is InChI=1S/C13H19N3O/c1-3-14-13(17)12-11(10-6-4-5-7-10)15-8-9(2)16-12/h8,10H,3-7H2,1-2H3,(H,14,17). The summed E-state index contributed by atoms with van der Waals surface area (Å²) in [6.45, 7) is 4.41. The molecule has 1 saturated carbocycles. The lowest BCUT2D eigenvalue weighted by molar-refractivity contribution is 0.0948. The van der Waals surface area contributed by atoms with Crippen LogP contribution in [0, 0.1) is 6.92 Å². The zero-order valence-corrected chi connectivity index (χ0v) is 10.5. The van der Waals surface area contributed by atoms with E-state index < -0.39 is 0 Å². The molecule has 1 aromatic heterocycles. The van der Waals surface area contributed by atoms with Gasteiger partial charge in [0.2, 0.25) is 0 Å². The molecule has 1 fully saturated rings. The van der Waals surface area contributed by atoms with Gasteiger partial charge in [-0.05, 0) is 26.7 Å². The van der Waals surface area contributed by atoms with Crippen LogP contribution in [0.15, 0.2) is 6.20 Å². The van der Waals surface area contributed by atoms with Crippen molar-refractivity contribution < 1.29 is 4.79 Å². The zero-order chi connectivity index (χ0) is 12.3. The van der Waals surface area contributed by atoms with Crippen LogP contribution >= 0.6 is 0 Å². The van der Waals surface area contributed by atoms with Crippen LogP contribution in [-0.4, -0.2) is 22.4 Å². The summed E-state index contributed by atoms with van der Waals surface area (Å²) in [4.78, 5) is 20.8. The molecule has 4 heteroatoms. The topological polar surface area (TPSA) is 54.9 Å². The molecule has 1 aromatic rings. The maximum Gasteiger partial charge on any atom is 0.271 e. The van der Waals surface area contributed by atoms with Crippen LogP contribution in [0.5, 0.6) is 0 Å². The van der Waals surface area contributed by atoms with Crippen LogP contribution in [0.25, 0.3) is 0 Å². The van der Waals surface area contributed by atoms with E-state index in [9.17, 15) is 4.79 Å². The molecule has 0 bridgehead atoms. The molecule has 92 valence electrons. The van der Waals surface area contributed by atoms with E-state index in [0.717, 1.165) is 24.2 Å². The first-order chi connectivity index (χ1) is 8.22. The van der Waals surface area contributed by atoms with Crippen molar-refractivity contribution in [3.8, 4) is 0 Å². The lowest BCUT2D eigenvalue weighted by atomic mass is 10.0. The molecule has 0 aromatic carbocycles. The van der Waals surface area contributed by atoms with E-state index in [1.807, 2.05) is 13.8 Å². The maximum absolute atomic E-state index is 12.0. The Bertz CT molecular complexity index is 411. The van der Waals surface area contributed by atoms with Crippen molar-refractivity contribution in [3.05, 3.63) is 23.3 Å². The van der Waals surface area contributed by atoms with Crippen molar-refractivity contribution in [2.24, 2.45) is 0 Å². The molecule has 0 saturated heterocycles. The average Bonchev–Trinajstić information content (AvgIpc) is 2.82. The summed E-state index contributed by atoms with van der Waals surface area (Å²) in [5, 5.41) is 2.81. The first-order valence-electron chi connectivity index (χ1n) is 6.34. The van der Waals surface area contributed by atoms with Gasteiger partial charge in [-0.25, -0.2) is 4.98 Å². The SMILES string of the molecule is CCNC(=O)c1nc(C)cnc1C1CCCC1. The predicted octanol–water partition coefficient (Wildman–Crippen LogP) is 2.19. The van der Waals surface area contributed by atoms with E-state index in [4.69, 9.17) is 0 Å². The van der Waals surface area contributed by atoms with E-state index in [0.29, 0.717) is 18.2 Å². The fourth-order valence-electron chi connectivity index (χ4n) is 2.40. The number of aryl methyl sites for hydroxylation is 1. The zero-order valence-electron chi connectivity index (χ0n) is 10.5. The second kappa shape index (κ2) is 5.25. The van der Waals surface area contributed by atoms with Crippen LogP contribution < -0.4 is 5.32 Å². The molecule has 4 nitrogen and oxygen atoms in total. The van der Waals surface area contributed by atoms with Gasteiger partial charge < -0.3 is 5.32 Å². The summed E-state index contributed by atoms with van der Waals surface area (Å²) < 4.78 is 0. The van der Waals surface area contributed by atoms with Gasteiger partial charge in [0.15, 0.2) is 0 Å². The smallest absolute Gasteiger partial charge is 0.271 e. The highest BCUT2D eigenvalue weighted by Crippen LogP contribution is 2.34. The van der Waals surface area contributed by atoms with Gasteiger partial charge in [-0.2, -0.15) is 0 Å². The molecule has 1 heterocycles. The number of carbonyl (C=O) groups excluding carboxylic acids is 1. The third-order valence-electron chi connectivity index (χ3n) is 3.22. The highest BCUT2D eigenvalue weighted by atomic mass is 16.1. The fourth-order valence-corrected chi connectivity index (χ4v) is 2.40. The molecule has 0 atom stereocenters. The summed E-state index contributed by atoms with van der Waals surface area (Å²) in [5.41, 5.74) is 2.21. The van der Waals surface area contributed by atoms with E-state index in [1.54, 1.807) is 6.20 Å². The fraction of sp³-hybridized carbons (Fsp3) is 0.615. The first-order valence-corrected chi connectivity index (χ1v) is 6.34. The lowest BCUT2D eigenvalue weighted by Crippen LogP contribution is -2.26. The van der Waals surface area contributed by atoms with Crippen LogP contribution in [0.3, 0.4) is 0 Å². The number of rotatable bonds is 3. The van der Waals surface area contributed by atoms with Crippen molar-refractivity contribution in [2.75, 3.05) is 6.54 Å². The molecule has 2 rings (SSSR count). The Morgan fingerprint density at radius 2 is 2.18 bits per heavy atom. The minimum absolute atomic E-state index is 0.0920. The number of nitrogens with one attached hydrogen (secondary N) is 1. The second-order valence-electron chi connectivity index (χ2n) is 4.59. The van der Waals surface area contributed by atoms with E-state index in [1.165, 1.54) is 12.8 Å². The minimum atomic E-state index is -0.0920. The summed E-state index contributed by atoms with van der Waals surface area (Å²) in [5.74, 6) is 0.325. The molecular formula is C13H19N3O. The highest BCUT2D eigenvalue weighted by molar-refractivity contribution is 5.93. The maximum atomic E-state index is 12.0. The van der Waals surface area contributed by atoms with Crippen molar-refractivity contribution in [2.45, 2.75) is 45.4 Å². The van der Waals surface area contributed by atoms with Crippen molar-refractivity contribution in [1.29, 1.82) is 0 Å². The summed E-state index contributed by atoms with van der Waals surface area (Å²) >= 11 is 0. The number of nitrogens with zero attached hydrogens (tertiary/aromatic N) is 2. The highest BCUT2D eigenvalue weighted by Gasteiger charge is 2.25. The molecule has 0 spiro atoms.